The Morgan fingerprint density at radius 1 is 1.03 bits per heavy atom. The Balaban J connectivity index is 1.39. The van der Waals surface area contributed by atoms with Gasteiger partial charge in [0, 0.05) is 49.7 Å². The average molecular weight is 396 g/mol. The summed E-state index contributed by atoms with van der Waals surface area (Å²) < 4.78 is 2.31. The second kappa shape index (κ2) is 7.43. The zero-order valence-electron chi connectivity index (χ0n) is 17.2. The second-order valence-corrected chi connectivity index (χ2v) is 8.78. The highest BCUT2D eigenvalue weighted by molar-refractivity contribution is 6.04. The summed E-state index contributed by atoms with van der Waals surface area (Å²) in [6.07, 6.45) is 8.92. The van der Waals surface area contributed by atoms with Crippen molar-refractivity contribution >= 4 is 11.7 Å². The number of piperidine rings is 1. The molecular formula is C22H29N5O2. The van der Waals surface area contributed by atoms with E-state index in [-0.39, 0.29) is 17.6 Å². The molecule has 2 aromatic rings. The lowest BCUT2D eigenvalue weighted by atomic mass is 9.93. The minimum absolute atomic E-state index is 0.0185. The van der Waals surface area contributed by atoms with Crippen molar-refractivity contribution in [1.82, 2.24) is 24.6 Å². The first-order chi connectivity index (χ1) is 14.1. The molecule has 5 rings (SSSR count). The van der Waals surface area contributed by atoms with Crippen LogP contribution in [0.1, 0.15) is 94.6 Å². The van der Waals surface area contributed by atoms with E-state index in [1.807, 2.05) is 11.8 Å². The molecule has 4 heterocycles. The Hall–Kier alpha value is -2.44. The van der Waals surface area contributed by atoms with Crippen LogP contribution in [0.4, 0.5) is 0 Å². The zero-order valence-corrected chi connectivity index (χ0v) is 17.2. The molecule has 0 aromatic carbocycles. The predicted molar refractivity (Wildman–Crippen MR) is 108 cm³/mol. The molecule has 1 fully saturated rings. The fraction of sp³-hybridized carbons (Fsp3) is 0.636. The number of Topliss-reactive ketones (excluding diaryl/α,β-unsaturated/α-hetero) is 1. The van der Waals surface area contributed by atoms with E-state index in [0.717, 1.165) is 73.7 Å². The highest BCUT2D eigenvalue weighted by Crippen LogP contribution is 2.31. The first-order valence-corrected chi connectivity index (χ1v) is 11.1. The molecule has 0 spiro atoms. The van der Waals surface area contributed by atoms with Gasteiger partial charge in [-0.3, -0.25) is 9.59 Å². The maximum atomic E-state index is 13.3. The van der Waals surface area contributed by atoms with Crippen molar-refractivity contribution in [1.29, 1.82) is 0 Å². The predicted octanol–water partition coefficient (Wildman–Crippen LogP) is 3.18. The number of H-pyrrole nitrogens is 1. The summed E-state index contributed by atoms with van der Waals surface area (Å²) in [5.74, 6) is 2.58. The summed E-state index contributed by atoms with van der Waals surface area (Å²) >= 11 is 0. The van der Waals surface area contributed by atoms with Gasteiger partial charge in [-0.05, 0) is 51.0 Å². The lowest BCUT2D eigenvalue weighted by molar-refractivity contribution is 0.0697. The molecule has 1 atom stereocenters. The number of ketones is 1. The minimum Gasteiger partial charge on any atom is -0.354 e. The van der Waals surface area contributed by atoms with Gasteiger partial charge < -0.3 is 14.5 Å². The monoisotopic (exact) mass is 395 g/mol. The molecule has 3 aliphatic rings. The quantitative estimate of drug-likeness (QED) is 0.846. The smallest absolute Gasteiger partial charge is 0.270 e. The molecule has 7 nitrogen and oxygen atoms in total. The summed E-state index contributed by atoms with van der Waals surface area (Å²) in [5, 5.41) is 8.99. The van der Waals surface area contributed by atoms with Crippen molar-refractivity contribution in [3.63, 3.8) is 0 Å². The number of nitrogens with zero attached hydrogens (tertiary/aromatic N) is 4. The van der Waals surface area contributed by atoms with Gasteiger partial charge >= 0.3 is 0 Å². The molecule has 154 valence electrons. The molecule has 0 radical (unpaired) electrons. The number of carbonyl (C=O) groups is 2. The van der Waals surface area contributed by atoms with Gasteiger partial charge in [-0.1, -0.05) is 6.42 Å². The molecule has 1 N–H and O–H groups in total. The average Bonchev–Trinajstić information content (AvgIpc) is 3.20. The van der Waals surface area contributed by atoms with Crippen LogP contribution < -0.4 is 0 Å². The minimum atomic E-state index is 0.0185. The first-order valence-electron chi connectivity index (χ1n) is 11.1. The van der Waals surface area contributed by atoms with Crippen molar-refractivity contribution in [2.24, 2.45) is 0 Å². The summed E-state index contributed by atoms with van der Waals surface area (Å²) in [6.45, 7) is 4.33. The van der Waals surface area contributed by atoms with Gasteiger partial charge in [-0.25, -0.2) is 0 Å². The lowest BCUT2D eigenvalue weighted by Gasteiger charge is -2.32. The Bertz CT molecular complexity index is 957. The number of fused-ring (bicyclic) bond motifs is 2. The number of aromatic nitrogens is 4. The van der Waals surface area contributed by atoms with Gasteiger partial charge in [0.1, 0.15) is 17.3 Å². The van der Waals surface area contributed by atoms with E-state index >= 15 is 0 Å². The zero-order chi connectivity index (χ0) is 20.0. The van der Waals surface area contributed by atoms with Crippen LogP contribution in [0.3, 0.4) is 0 Å². The summed E-state index contributed by atoms with van der Waals surface area (Å²) in [4.78, 5) is 30.9. The molecule has 1 amide bonds. The van der Waals surface area contributed by atoms with E-state index in [9.17, 15) is 9.59 Å². The van der Waals surface area contributed by atoms with E-state index in [2.05, 4.69) is 19.7 Å². The number of carbonyl (C=O) groups excluding carboxylic acids is 2. The second-order valence-electron chi connectivity index (χ2n) is 8.78. The SMILES string of the molecule is Cc1c(C(=O)N2CCCC(c3nnc4n3CCCCC4)C2)[nH]c2c1C(=O)CCC2. The van der Waals surface area contributed by atoms with E-state index in [0.29, 0.717) is 18.7 Å². The third kappa shape index (κ3) is 3.20. The largest absolute Gasteiger partial charge is 0.354 e. The summed E-state index contributed by atoms with van der Waals surface area (Å²) in [6, 6.07) is 0. The topological polar surface area (TPSA) is 83.9 Å². The normalized spacial score (nSPS) is 22.2. The van der Waals surface area contributed by atoms with Crippen LogP contribution in [-0.2, 0) is 19.4 Å². The highest BCUT2D eigenvalue weighted by atomic mass is 16.2. The van der Waals surface area contributed by atoms with Gasteiger partial charge in [0.2, 0.25) is 0 Å². The Morgan fingerprint density at radius 3 is 2.79 bits per heavy atom. The van der Waals surface area contributed by atoms with E-state index in [4.69, 9.17) is 0 Å². The van der Waals surface area contributed by atoms with Gasteiger partial charge in [0.05, 0.1) is 0 Å². The number of aryl methyl sites for hydroxylation is 2. The van der Waals surface area contributed by atoms with Gasteiger partial charge in [-0.2, -0.15) is 0 Å². The van der Waals surface area contributed by atoms with Crippen LogP contribution in [0.15, 0.2) is 0 Å². The Labute approximate surface area is 170 Å². The first kappa shape index (κ1) is 18.6. The van der Waals surface area contributed by atoms with Crippen LogP contribution >= 0.6 is 0 Å². The van der Waals surface area contributed by atoms with Gasteiger partial charge in [0.15, 0.2) is 5.78 Å². The maximum Gasteiger partial charge on any atom is 0.270 e. The van der Waals surface area contributed by atoms with Gasteiger partial charge in [0.25, 0.3) is 5.91 Å². The van der Waals surface area contributed by atoms with Crippen molar-refractivity contribution in [2.45, 2.75) is 77.2 Å². The molecule has 2 aliphatic heterocycles. The molecule has 1 aliphatic carbocycles. The van der Waals surface area contributed by atoms with Crippen molar-refractivity contribution < 1.29 is 9.59 Å². The van der Waals surface area contributed by atoms with Gasteiger partial charge in [-0.15, -0.1) is 10.2 Å². The fourth-order valence-corrected chi connectivity index (χ4v) is 5.33. The molecule has 1 saturated heterocycles. The molecule has 0 bridgehead atoms. The van der Waals surface area contributed by atoms with Crippen LogP contribution in [-0.4, -0.2) is 49.4 Å². The highest BCUT2D eigenvalue weighted by Gasteiger charge is 2.33. The molecular weight excluding hydrogens is 366 g/mol. The number of nitrogens with one attached hydrogen (secondary N) is 1. The van der Waals surface area contributed by atoms with Crippen LogP contribution in [0.25, 0.3) is 0 Å². The van der Waals surface area contributed by atoms with Crippen LogP contribution in [0.2, 0.25) is 0 Å². The molecule has 29 heavy (non-hydrogen) atoms. The number of amides is 1. The van der Waals surface area contributed by atoms with Crippen molar-refractivity contribution in [3.05, 3.63) is 34.2 Å². The third-order valence-corrected chi connectivity index (χ3v) is 6.86. The molecule has 1 unspecified atom stereocenters. The van der Waals surface area contributed by atoms with Crippen LogP contribution in [0.5, 0.6) is 0 Å². The number of rotatable bonds is 2. The Kier molecular flexibility index (Phi) is 4.76. The fourth-order valence-electron chi connectivity index (χ4n) is 5.33. The summed E-state index contributed by atoms with van der Waals surface area (Å²) in [5.41, 5.74) is 3.13. The van der Waals surface area contributed by atoms with Crippen LogP contribution in [0, 0.1) is 6.92 Å². The van der Waals surface area contributed by atoms with Crippen molar-refractivity contribution in [3.8, 4) is 0 Å². The van der Waals surface area contributed by atoms with E-state index < -0.39 is 0 Å². The standard InChI is InChI=1S/C22H29N5O2/c1-14-19-16(8-5-9-17(19)28)23-20(14)22(29)26-11-6-7-15(13-26)21-25-24-18-10-3-2-4-12-27(18)21/h15,23H,2-13H2,1H3. The Morgan fingerprint density at radius 2 is 1.93 bits per heavy atom. The summed E-state index contributed by atoms with van der Waals surface area (Å²) in [7, 11) is 0. The van der Waals surface area contributed by atoms with Crippen molar-refractivity contribution in [2.75, 3.05) is 13.1 Å². The van der Waals surface area contributed by atoms with E-state index in [1.54, 1.807) is 0 Å². The number of aromatic amines is 1. The van der Waals surface area contributed by atoms with E-state index in [1.165, 1.54) is 19.3 Å². The third-order valence-electron chi connectivity index (χ3n) is 6.86. The maximum absolute atomic E-state index is 13.3. The number of hydrogen-bond acceptors (Lipinski definition) is 4. The molecule has 0 saturated carbocycles. The number of hydrogen-bond donors (Lipinski definition) is 1. The lowest BCUT2D eigenvalue weighted by Crippen LogP contribution is -2.40. The number of likely N-dealkylation sites (tertiary alicyclic amines) is 1. The molecule has 2 aromatic heterocycles. The molecule has 7 heteroatoms.